The highest BCUT2D eigenvalue weighted by Gasteiger charge is 2.03. The molecular formula is C10H13BrClN. The molecule has 0 aliphatic carbocycles. The molecular weight excluding hydrogens is 249 g/mol. The molecule has 0 atom stereocenters. The van der Waals surface area contributed by atoms with Crippen LogP contribution in [0.15, 0.2) is 22.7 Å². The van der Waals surface area contributed by atoms with Gasteiger partial charge < -0.3 is 4.90 Å². The van der Waals surface area contributed by atoms with Crippen molar-refractivity contribution in [3.63, 3.8) is 0 Å². The summed E-state index contributed by atoms with van der Waals surface area (Å²) in [6.07, 6.45) is 0. The van der Waals surface area contributed by atoms with Gasteiger partial charge in [0, 0.05) is 29.6 Å². The molecule has 0 aromatic heterocycles. The van der Waals surface area contributed by atoms with Gasteiger partial charge in [0.15, 0.2) is 0 Å². The molecule has 0 N–H and O–H groups in total. The van der Waals surface area contributed by atoms with E-state index in [0.29, 0.717) is 5.88 Å². The fourth-order valence-electron chi connectivity index (χ4n) is 1.24. The summed E-state index contributed by atoms with van der Waals surface area (Å²) in [5.41, 5.74) is 2.51. The van der Waals surface area contributed by atoms with Gasteiger partial charge in [-0.15, -0.1) is 11.6 Å². The molecule has 13 heavy (non-hydrogen) atoms. The molecule has 72 valence electrons. The number of hydrogen-bond donors (Lipinski definition) is 0. The molecule has 0 aliphatic rings. The van der Waals surface area contributed by atoms with Crippen LogP contribution in [0, 0.1) is 6.92 Å². The molecule has 1 aromatic carbocycles. The standard InChI is InChI=1S/C10H13BrClN/c1-8-3-4-9(11)7-10(8)13(2)6-5-12/h3-4,7H,5-6H2,1-2H3. The molecule has 0 fully saturated rings. The Bertz CT molecular complexity index is 288. The predicted octanol–water partition coefficient (Wildman–Crippen LogP) is 3.43. The topological polar surface area (TPSA) is 3.24 Å². The minimum Gasteiger partial charge on any atom is -0.373 e. The van der Waals surface area contributed by atoms with Gasteiger partial charge in [0.1, 0.15) is 0 Å². The zero-order valence-electron chi connectivity index (χ0n) is 7.85. The second-order valence-electron chi connectivity index (χ2n) is 3.04. The SMILES string of the molecule is Cc1ccc(Br)cc1N(C)CCCl. The van der Waals surface area contributed by atoms with E-state index in [0.717, 1.165) is 11.0 Å². The highest BCUT2D eigenvalue weighted by Crippen LogP contribution is 2.23. The van der Waals surface area contributed by atoms with E-state index in [-0.39, 0.29) is 0 Å². The maximum atomic E-state index is 5.69. The van der Waals surface area contributed by atoms with Crippen molar-refractivity contribution in [2.24, 2.45) is 0 Å². The van der Waals surface area contributed by atoms with E-state index >= 15 is 0 Å². The minimum atomic E-state index is 0.655. The van der Waals surface area contributed by atoms with Crippen molar-refractivity contribution in [2.75, 3.05) is 24.4 Å². The Morgan fingerprint density at radius 1 is 1.46 bits per heavy atom. The lowest BCUT2D eigenvalue weighted by molar-refractivity contribution is 0.966. The minimum absolute atomic E-state index is 0.655. The van der Waals surface area contributed by atoms with Gasteiger partial charge in [-0.05, 0) is 24.6 Å². The summed E-state index contributed by atoms with van der Waals surface area (Å²) in [5, 5.41) is 0. The number of aryl methyl sites for hydroxylation is 1. The summed E-state index contributed by atoms with van der Waals surface area (Å²) in [4.78, 5) is 2.16. The van der Waals surface area contributed by atoms with E-state index in [1.165, 1.54) is 11.3 Å². The van der Waals surface area contributed by atoms with E-state index in [1.54, 1.807) is 0 Å². The normalized spacial score (nSPS) is 10.2. The Kier molecular flexibility index (Phi) is 4.07. The monoisotopic (exact) mass is 261 g/mol. The number of nitrogens with zero attached hydrogens (tertiary/aromatic N) is 1. The maximum absolute atomic E-state index is 5.69. The molecule has 1 rings (SSSR count). The molecule has 0 radical (unpaired) electrons. The molecule has 0 saturated heterocycles. The summed E-state index contributed by atoms with van der Waals surface area (Å²) in [6.45, 7) is 2.98. The summed E-state index contributed by atoms with van der Waals surface area (Å²) < 4.78 is 1.11. The molecule has 0 heterocycles. The quantitative estimate of drug-likeness (QED) is 0.755. The van der Waals surface area contributed by atoms with Crippen LogP contribution in [0.2, 0.25) is 0 Å². The first-order valence-corrected chi connectivity index (χ1v) is 5.51. The van der Waals surface area contributed by atoms with E-state index < -0.39 is 0 Å². The number of alkyl halides is 1. The van der Waals surface area contributed by atoms with Gasteiger partial charge >= 0.3 is 0 Å². The van der Waals surface area contributed by atoms with Gasteiger partial charge in [-0.3, -0.25) is 0 Å². The average molecular weight is 263 g/mol. The van der Waals surface area contributed by atoms with Gasteiger partial charge in [0.05, 0.1) is 0 Å². The molecule has 3 heteroatoms. The smallest absolute Gasteiger partial charge is 0.0405 e. The summed E-state index contributed by atoms with van der Waals surface area (Å²) in [7, 11) is 2.05. The summed E-state index contributed by atoms with van der Waals surface area (Å²) in [6, 6.07) is 6.26. The van der Waals surface area contributed by atoms with Crippen molar-refractivity contribution in [1.29, 1.82) is 0 Å². The Hall–Kier alpha value is -0.210. The maximum Gasteiger partial charge on any atom is 0.0405 e. The Morgan fingerprint density at radius 2 is 2.15 bits per heavy atom. The highest BCUT2D eigenvalue weighted by atomic mass is 79.9. The molecule has 0 bridgehead atoms. The Morgan fingerprint density at radius 3 is 2.77 bits per heavy atom. The first-order chi connectivity index (χ1) is 6.15. The number of halogens is 2. The van der Waals surface area contributed by atoms with Crippen molar-refractivity contribution in [3.05, 3.63) is 28.2 Å². The lowest BCUT2D eigenvalue weighted by Gasteiger charge is -2.20. The third-order valence-corrected chi connectivity index (χ3v) is 2.66. The van der Waals surface area contributed by atoms with Crippen molar-refractivity contribution < 1.29 is 0 Å². The van der Waals surface area contributed by atoms with E-state index in [4.69, 9.17) is 11.6 Å². The second kappa shape index (κ2) is 4.87. The van der Waals surface area contributed by atoms with E-state index in [9.17, 15) is 0 Å². The van der Waals surface area contributed by atoms with Crippen molar-refractivity contribution in [3.8, 4) is 0 Å². The number of anilines is 1. The Balaban J connectivity index is 2.91. The first-order valence-electron chi connectivity index (χ1n) is 4.18. The molecule has 1 aromatic rings. The third kappa shape index (κ3) is 2.89. The number of benzene rings is 1. The number of hydrogen-bond acceptors (Lipinski definition) is 1. The molecule has 0 saturated carbocycles. The largest absolute Gasteiger partial charge is 0.373 e. The van der Waals surface area contributed by atoms with Crippen LogP contribution in [0.1, 0.15) is 5.56 Å². The van der Waals surface area contributed by atoms with Crippen LogP contribution in [-0.2, 0) is 0 Å². The second-order valence-corrected chi connectivity index (χ2v) is 4.33. The van der Waals surface area contributed by atoms with Gasteiger partial charge in [-0.25, -0.2) is 0 Å². The van der Waals surface area contributed by atoms with Crippen LogP contribution in [0.3, 0.4) is 0 Å². The molecule has 0 spiro atoms. The van der Waals surface area contributed by atoms with Crippen LogP contribution in [-0.4, -0.2) is 19.5 Å². The van der Waals surface area contributed by atoms with Crippen molar-refractivity contribution >= 4 is 33.2 Å². The van der Waals surface area contributed by atoms with Crippen LogP contribution in [0.4, 0.5) is 5.69 Å². The fraction of sp³-hybridized carbons (Fsp3) is 0.400. The predicted molar refractivity (Wildman–Crippen MR) is 62.9 cm³/mol. The number of rotatable bonds is 3. The third-order valence-electron chi connectivity index (χ3n) is 2.00. The van der Waals surface area contributed by atoms with Gasteiger partial charge in [0.25, 0.3) is 0 Å². The first kappa shape index (κ1) is 10.9. The zero-order valence-corrected chi connectivity index (χ0v) is 10.2. The molecule has 0 aliphatic heterocycles. The highest BCUT2D eigenvalue weighted by molar-refractivity contribution is 9.10. The average Bonchev–Trinajstić information content (AvgIpc) is 2.09. The van der Waals surface area contributed by atoms with Crippen LogP contribution < -0.4 is 4.90 Å². The van der Waals surface area contributed by atoms with E-state index in [1.807, 2.05) is 6.07 Å². The van der Waals surface area contributed by atoms with Crippen LogP contribution in [0.5, 0.6) is 0 Å². The summed E-state index contributed by atoms with van der Waals surface area (Å²) in [5.74, 6) is 0.655. The fourth-order valence-corrected chi connectivity index (χ4v) is 1.84. The van der Waals surface area contributed by atoms with E-state index in [2.05, 4.69) is 46.9 Å². The van der Waals surface area contributed by atoms with Gasteiger partial charge in [0.2, 0.25) is 0 Å². The lowest BCUT2D eigenvalue weighted by Crippen LogP contribution is -2.20. The molecule has 1 nitrogen and oxygen atoms in total. The zero-order chi connectivity index (χ0) is 9.84. The lowest BCUT2D eigenvalue weighted by atomic mass is 10.2. The Labute approximate surface area is 92.8 Å². The summed E-state index contributed by atoms with van der Waals surface area (Å²) >= 11 is 9.14. The molecule has 0 unspecified atom stereocenters. The van der Waals surface area contributed by atoms with Crippen molar-refractivity contribution in [1.82, 2.24) is 0 Å². The van der Waals surface area contributed by atoms with Crippen LogP contribution in [0.25, 0.3) is 0 Å². The molecule has 0 amide bonds. The van der Waals surface area contributed by atoms with Crippen molar-refractivity contribution in [2.45, 2.75) is 6.92 Å². The van der Waals surface area contributed by atoms with Crippen LogP contribution >= 0.6 is 27.5 Å². The van der Waals surface area contributed by atoms with Gasteiger partial charge in [-0.1, -0.05) is 22.0 Å². The van der Waals surface area contributed by atoms with Gasteiger partial charge in [-0.2, -0.15) is 0 Å².